The molecule has 92 valence electrons. The van der Waals surface area contributed by atoms with Crippen LogP contribution in [0.5, 0.6) is 0 Å². The number of hydrogen-bond donors (Lipinski definition) is 1. The smallest absolute Gasteiger partial charge is 0.0947 e. The molecule has 0 heterocycles. The van der Waals surface area contributed by atoms with Gasteiger partial charge in [-0.15, -0.1) is 6.42 Å². The minimum absolute atomic E-state index is 0.232. The Morgan fingerprint density at radius 3 is 2.29 bits per heavy atom. The summed E-state index contributed by atoms with van der Waals surface area (Å²) in [5, 5.41) is 9.22. The van der Waals surface area contributed by atoms with Crippen LogP contribution in [-0.4, -0.2) is 5.25 Å². The molecule has 17 heavy (non-hydrogen) atoms. The Labute approximate surface area is 111 Å². The van der Waals surface area contributed by atoms with Crippen LogP contribution in [0.4, 0.5) is 0 Å². The number of thiol groups is 1. The third kappa shape index (κ3) is 5.66. The Balaban J connectivity index is 5.48. The first-order valence-corrected chi connectivity index (χ1v) is 6.46. The fraction of sp³-hybridized carbons (Fsp3) is 0.533. The number of nitrogens with zero attached hydrogens (tertiary/aromatic N) is 1. The van der Waals surface area contributed by atoms with Crippen LogP contribution in [0, 0.1) is 29.6 Å². The van der Waals surface area contributed by atoms with Gasteiger partial charge in [-0.1, -0.05) is 33.6 Å². The van der Waals surface area contributed by atoms with E-state index < -0.39 is 0 Å². The molecule has 0 N–H and O–H groups in total. The zero-order valence-electron chi connectivity index (χ0n) is 11.1. The van der Waals surface area contributed by atoms with Crippen molar-refractivity contribution in [3.8, 4) is 18.4 Å². The molecule has 0 aromatic heterocycles. The van der Waals surface area contributed by atoms with Gasteiger partial charge in [-0.25, -0.2) is 0 Å². The Morgan fingerprint density at radius 2 is 2.00 bits per heavy atom. The second-order valence-electron chi connectivity index (χ2n) is 4.42. The van der Waals surface area contributed by atoms with Crippen LogP contribution in [-0.2, 0) is 0 Å². The lowest BCUT2D eigenvalue weighted by Gasteiger charge is -2.13. The van der Waals surface area contributed by atoms with Crippen LogP contribution >= 0.6 is 12.6 Å². The SMILES string of the molecule is C#C/C(C[C@H](C)S)=C(/C=C(/C#N)CC)C(C)C. The molecule has 1 atom stereocenters. The average Bonchev–Trinajstić information content (AvgIpc) is 2.27. The van der Waals surface area contributed by atoms with E-state index in [1.54, 1.807) is 0 Å². The maximum Gasteiger partial charge on any atom is 0.0947 e. The number of nitriles is 1. The van der Waals surface area contributed by atoms with Gasteiger partial charge in [0.2, 0.25) is 0 Å². The van der Waals surface area contributed by atoms with Crippen LogP contribution in [0.2, 0.25) is 0 Å². The van der Waals surface area contributed by atoms with Gasteiger partial charge in [0.05, 0.1) is 6.07 Å². The molecule has 0 aliphatic carbocycles. The molecule has 0 radical (unpaired) electrons. The molecule has 0 saturated heterocycles. The third-order valence-corrected chi connectivity index (χ3v) is 2.68. The molecular formula is C15H21NS. The summed E-state index contributed by atoms with van der Waals surface area (Å²) >= 11 is 4.38. The van der Waals surface area contributed by atoms with E-state index in [0.29, 0.717) is 5.92 Å². The summed E-state index contributed by atoms with van der Waals surface area (Å²) in [5.74, 6) is 3.07. The Hall–Kier alpha value is -1.12. The van der Waals surface area contributed by atoms with Crippen LogP contribution in [0.3, 0.4) is 0 Å². The maximum absolute atomic E-state index is 8.99. The first-order chi connectivity index (χ1) is 7.96. The molecule has 2 heteroatoms. The van der Waals surface area contributed by atoms with Crippen LogP contribution in [0.25, 0.3) is 0 Å². The standard InChI is InChI=1S/C15H21NS/c1-6-13(10-16)9-15(11(3)4)14(7-2)8-12(5)17/h2,9,11-12,17H,6,8H2,1,3-5H3/b13-9+,15-14+/t12-/m0/s1. The van der Waals surface area contributed by atoms with Gasteiger partial charge in [0.15, 0.2) is 0 Å². The van der Waals surface area contributed by atoms with E-state index in [1.165, 1.54) is 0 Å². The van der Waals surface area contributed by atoms with Gasteiger partial charge in [-0.3, -0.25) is 0 Å². The molecule has 0 saturated carbocycles. The molecule has 0 unspecified atom stereocenters. The van der Waals surface area contributed by atoms with Crippen LogP contribution in [0.1, 0.15) is 40.5 Å². The van der Waals surface area contributed by atoms with Crippen LogP contribution < -0.4 is 0 Å². The fourth-order valence-electron chi connectivity index (χ4n) is 1.56. The van der Waals surface area contributed by atoms with Gasteiger partial charge in [0, 0.05) is 16.4 Å². The molecule has 0 amide bonds. The second-order valence-corrected chi connectivity index (χ2v) is 5.30. The summed E-state index contributed by atoms with van der Waals surface area (Å²) in [6.07, 6.45) is 9.01. The van der Waals surface area contributed by atoms with Gasteiger partial charge in [-0.2, -0.15) is 17.9 Å². The molecule has 0 aliphatic rings. The van der Waals surface area contributed by atoms with E-state index in [4.69, 9.17) is 11.7 Å². The largest absolute Gasteiger partial charge is 0.193 e. The van der Waals surface area contributed by atoms with Gasteiger partial charge in [0.25, 0.3) is 0 Å². The lowest BCUT2D eigenvalue weighted by Crippen LogP contribution is -2.02. The fourth-order valence-corrected chi connectivity index (χ4v) is 1.74. The summed E-state index contributed by atoms with van der Waals surface area (Å²) in [6, 6.07) is 2.21. The lowest BCUT2D eigenvalue weighted by molar-refractivity contribution is 0.770. The summed E-state index contributed by atoms with van der Waals surface area (Å²) < 4.78 is 0. The van der Waals surface area contributed by atoms with Gasteiger partial charge in [-0.05, 0) is 30.4 Å². The van der Waals surface area contributed by atoms with Crippen molar-refractivity contribution in [2.45, 2.75) is 45.8 Å². The van der Waals surface area contributed by atoms with E-state index >= 15 is 0 Å². The van der Waals surface area contributed by atoms with Crippen molar-refractivity contribution in [1.29, 1.82) is 5.26 Å². The van der Waals surface area contributed by atoms with Crippen molar-refractivity contribution in [2.24, 2.45) is 5.92 Å². The average molecular weight is 247 g/mol. The van der Waals surface area contributed by atoms with Crippen molar-refractivity contribution in [2.75, 3.05) is 0 Å². The highest BCUT2D eigenvalue weighted by Gasteiger charge is 2.10. The molecule has 0 rings (SSSR count). The Bertz CT molecular complexity index is 386. The van der Waals surface area contributed by atoms with Crippen LogP contribution in [0.15, 0.2) is 22.8 Å². The van der Waals surface area contributed by atoms with Crippen molar-refractivity contribution >= 4 is 12.6 Å². The number of hydrogen-bond acceptors (Lipinski definition) is 2. The minimum Gasteiger partial charge on any atom is -0.193 e. The van der Waals surface area contributed by atoms with Gasteiger partial charge >= 0.3 is 0 Å². The number of rotatable bonds is 5. The van der Waals surface area contributed by atoms with E-state index in [9.17, 15) is 0 Å². The zero-order valence-corrected chi connectivity index (χ0v) is 12.0. The van der Waals surface area contributed by atoms with E-state index in [-0.39, 0.29) is 5.25 Å². The first-order valence-electron chi connectivity index (χ1n) is 5.94. The molecule has 1 nitrogen and oxygen atoms in total. The van der Waals surface area contributed by atoms with Crippen molar-refractivity contribution < 1.29 is 0 Å². The van der Waals surface area contributed by atoms with Gasteiger partial charge < -0.3 is 0 Å². The third-order valence-electron chi connectivity index (χ3n) is 2.50. The second kappa shape index (κ2) is 8.04. The highest BCUT2D eigenvalue weighted by atomic mass is 32.1. The highest BCUT2D eigenvalue weighted by molar-refractivity contribution is 7.80. The molecule has 0 fully saturated rings. The lowest BCUT2D eigenvalue weighted by atomic mass is 9.92. The van der Waals surface area contributed by atoms with E-state index in [1.807, 2.05) is 19.9 Å². The predicted octanol–water partition coefficient (Wildman–Crippen LogP) is 4.14. The molecule has 0 spiro atoms. The normalized spacial score (nSPS) is 14.9. The van der Waals surface area contributed by atoms with Gasteiger partial charge in [0.1, 0.15) is 0 Å². The molecule has 0 aliphatic heterocycles. The van der Waals surface area contributed by atoms with Crippen molar-refractivity contribution in [1.82, 2.24) is 0 Å². The van der Waals surface area contributed by atoms with E-state index in [2.05, 4.69) is 38.5 Å². The summed E-state index contributed by atoms with van der Waals surface area (Å²) in [6.45, 7) is 8.19. The zero-order chi connectivity index (χ0) is 13.4. The quantitative estimate of drug-likeness (QED) is 0.336. The predicted molar refractivity (Wildman–Crippen MR) is 77.7 cm³/mol. The summed E-state index contributed by atoms with van der Waals surface area (Å²) in [4.78, 5) is 0. The van der Waals surface area contributed by atoms with E-state index in [0.717, 1.165) is 29.6 Å². The first kappa shape index (κ1) is 15.9. The minimum atomic E-state index is 0.232. The van der Waals surface area contributed by atoms with Crippen molar-refractivity contribution in [3.05, 3.63) is 22.8 Å². The summed E-state index contributed by atoms with van der Waals surface area (Å²) in [5.41, 5.74) is 2.82. The maximum atomic E-state index is 8.99. The monoisotopic (exact) mass is 247 g/mol. The Kier molecular flexibility index (Phi) is 7.51. The van der Waals surface area contributed by atoms with Crippen molar-refractivity contribution in [3.63, 3.8) is 0 Å². The molecule has 0 aromatic carbocycles. The highest BCUT2D eigenvalue weighted by Crippen LogP contribution is 2.23. The molecular weight excluding hydrogens is 226 g/mol. The number of allylic oxidation sites excluding steroid dienone is 4. The Morgan fingerprint density at radius 1 is 1.41 bits per heavy atom. The summed E-state index contributed by atoms with van der Waals surface area (Å²) in [7, 11) is 0. The topological polar surface area (TPSA) is 23.8 Å². The number of terminal acetylenes is 1. The molecule has 0 aromatic rings. The molecule has 0 bridgehead atoms.